The Morgan fingerprint density at radius 2 is 2.25 bits per heavy atom. The van der Waals surface area contributed by atoms with Crippen molar-refractivity contribution in [2.75, 3.05) is 13.1 Å². The Hall–Kier alpha value is -0.830. The summed E-state index contributed by atoms with van der Waals surface area (Å²) in [5.41, 5.74) is 4.97. The van der Waals surface area contributed by atoms with Gasteiger partial charge in [0.05, 0.1) is 5.41 Å². The van der Waals surface area contributed by atoms with Crippen molar-refractivity contribution in [3.05, 3.63) is 12.7 Å². The van der Waals surface area contributed by atoms with E-state index in [2.05, 4.69) is 11.9 Å². The van der Waals surface area contributed by atoms with Crippen LogP contribution in [0.2, 0.25) is 0 Å². The minimum atomic E-state index is -0.457. The van der Waals surface area contributed by atoms with Crippen molar-refractivity contribution in [3.8, 4) is 0 Å². The smallest absolute Gasteiger partial charge is 0.226 e. The summed E-state index contributed by atoms with van der Waals surface area (Å²) in [6.07, 6.45) is 2.57. The van der Waals surface area contributed by atoms with Gasteiger partial charge in [-0.2, -0.15) is 0 Å². The normalized spacial score (nSPS) is 10.9. The number of hydrogen-bond acceptors (Lipinski definition) is 2. The van der Waals surface area contributed by atoms with Crippen molar-refractivity contribution >= 4 is 5.91 Å². The maximum atomic E-state index is 11.3. The van der Waals surface area contributed by atoms with Gasteiger partial charge in [-0.05, 0) is 20.3 Å². The molecule has 0 aliphatic heterocycles. The van der Waals surface area contributed by atoms with Crippen LogP contribution in [0.3, 0.4) is 0 Å². The Morgan fingerprint density at radius 1 is 1.67 bits per heavy atom. The van der Waals surface area contributed by atoms with Gasteiger partial charge in [0.2, 0.25) is 5.91 Å². The Labute approximate surface area is 74.0 Å². The Morgan fingerprint density at radius 3 is 2.67 bits per heavy atom. The third-order valence-corrected chi connectivity index (χ3v) is 1.76. The molecule has 0 aliphatic rings. The molecule has 0 bridgehead atoms. The van der Waals surface area contributed by atoms with Gasteiger partial charge in [-0.15, -0.1) is 6.58 Å². The van der Waals surface area contributed by atoms with E-state index in [1.54, 1.807) is 6.08 Å². The van der Waals surface area contributed by atoms with Crippen LogP contribution in [0.25, 0.3) is 0 Å². The number of carbonyl (C=O) groups is 1. The molecule has 12 heavy (non-hydrogen) atoms. The molecule has 3 nitrogen and oxygen atoms in total. The summed E-state index contributed by atoms with van der Waals surface area (Å²) < 4.78 is 0. The standard InChI is InChI=1S/C9H18N2O/c1-4-5-6-11-8(12)9(2,3)7-10/h4H,1,5-7,10H2,2-3H3,(H,11,12). The third kappa shape index (κ3) is 3.53. The van der Waals surface area contributed by atoms with Gasteiger partial charge in [-0.3, -0.25) is 4.79 Å². The van der Waals surface area contributed by atoms with E-state index in [0.717, 1.165) is 6.42 Å². The maximum Gasteiger partial charge on any atom is 0.226 e. The molecular formula is C9H18N2O. The molecule has 1 amide bonds. The van der Waals surface area contributed by atoms with Gasteiger partial charge in [0.15, 0.2) is 0 Å². The van der Waals surface area contributed by atoms with Crippen LogP contribution in [0.4, 0.5) is 0 Å². The second-order valence-electron chi connectivity index (χ2n) is 3.42. The molecule has 0 aliphatic carbocycles. The third-order valence-electron chi connectivity index (χ3n) is 1.76. The number of amides is 1. The summed E-state index contributed by atoms with van der Waals surface area (Å²) in [4.78, 5) is 11.3. The minimum Gasteiger partial charge on any atom is -0.355 e. The summed E-state index contributed by atoms with van der Waals surface area (Å²) in [6.45, 7) is 8.24. The molecule has 0 saturated carbocycles. The van der Waals surface area contributed by atoms with Crippen LogP contribution in [-0.4, -0.2) is 19.0 Å². The van der Waals surface area contributed by atoms with E-state index in [4.69, 9.17) is 5.73 Å². The highest BCUT2D eigenvalue weighted by atomic mass is 16.2. The summed E-state index contributed by atoms with van der Waals surface area (Å²) in [5.74, 6) is 0.00634. The fourth-order valence-electron chi connectivity index (χ4n) is 0.620. The first-order valence-corrected chi connectivity index (χ1v) is 4.14. The molecule has 0 spiro atoms. The highest BCUT2D eigenvalue weighted by Gasteiger charge is 2.24. The van der Waals surface area contributed by atoms with Crippen molar-refractivity contribution < 1.29 is 4.79 Å². The van der Waals surface area contributed by atoms with Gasteiger partial charge in [-0.25, -0.2) is 0 Å². The van der Waals surface area contributed by atoms with Crippen LogP contribution in [0.15, 0.2) is 12.7 Å². The predicted molar refractivity (Wildman–Crippen MR) is 50.7 cm³/mol. The molecule has 3 heteroatoms. The van der Waals surface area contributed by atoms with E-state index >= 15 is 0 Å². The van der Waals surface area contributed by atoms with Gasteiger partial charge in [-0.1, -0.05) is 6.08 Å². The van der Waals surface area contributed by atoms with E-state index < -0.39 is 5.41 Å². The molecule has 0 aromatic heterocycles. The molecular weight excluding hydrogens is 152 g/mol. The molecule has 0 saturated heterocycles. The van der Waals surface area contributed by atoms with E-state index in [0.29, 0.717) is 13.1 Å². The van der Waals surface area contributed by atoms with Crippen molar-refractivity contribution in [1.29, 1.82) is 0 Å². The van der Waals surface area contributed by atoms with Gasteiger partial charge in [0.1, 0.15) is 0 Å². The summed E-state index contributed by atoms with van der Waals surface area (Å²) in [5, 5.41) is 2.78. The first kappa shape index (κ1) is 11.2. The molecule has 0 aromatic rings. The van der Waals surface area contributed by atoms with Crippen molar-refractivity contribution in [2.24, 2.45) is 11.1 Å². The fourth-order valence-corrected chi connectivity index (χ4v) is 0.620. The van der Waals surface area contributed by atoms with Gasteiger partial charge in [0.25, 0.3) is 0 Å². The van der Waals surface area contributed by atoms with Crippen molar-refractivity contribution in [3.63, 3.8) is 0 Å². The molecule has 70 valence electrons. The Kier molecular flexibility index (Phi) is 4.59. The Bertz CT molecular complexity index is 164. The number of hydrogen-bond donors (Lipinski definition) is 2. The summed E-state index contributed by atoms with van der Waals surface area (Å²) in [6, 6.07) is 0. The molecule has 0 radical (unpaired) electrons. The number of nitrogens with one attached hydrogen (secondary N) is 1. The molecule has 3 N–H and O–H groups in total. The molecule has 0 heterocycles. The minimum absolute atomic E-state index is 0.00634. The molecule has 0 fully saturated rings. The largest absolute Gasteiger partial charge is 0.355 e. The lowest BCUT2D eigenvalue weighted by atomic mass is 9.93. The predicted octanol–water partition coefficient (Wildman–Crippen LogP) is 0.664. The van der Waals surface area contributed by atoms with Crippen molar-refractivity contribution in [2.45, 2.75) is 20.3 Å². The van der Waals surface area contributed by atoms with E-state index in [1.807, 2.05) is 13.8 Å². The highest BCUT2D eigenvalue weighted by Crippen LogP contribution is 2.11. The zero-order chi connectivity index (χ0) is 9.61. The molecule has 0 rings (SSSR count). The van der Waals surface area contributed by atoms with Crippen LogP contribution in [0, 0.1) is 5.41 Å². The quantitative estimate of drug-likeness (QED) is 0.470. The lowest BCUT2D eigenvalue weighted by Crippen LogP contribution is -2.41. The zero-order valence-electron chi connectivity index (χ0n) is 7.89. The summed E-state index contributed by atoms with van der Waals surface area (Å²) in [7, 11) is 0. The second-order valence-corrected chi connectivity index (χ2v) is 3.42. The van der Waals surface area contributed by atoms with Crippen LogP contribution < -0.4 is 11.1 Å². The molecule has 0 unspecified atom stereocenters. The zero-order valence-corrected chi connectivity index (χ0v) is 7.89. The van der Waals surface area contributed by atoms with Crippen LogP contribution >= 0.6 is 0 Å². The lowest BCUT2D eigenvalue weighted by Gasteiger charge is -2.20. The molecule has 0 aromatic carbocycles. The van der Waals surface area contributed by atoms with Gasteiger partial charge < -0.3 is 11.1 Å². The van der Waals surface area contributed by atoms with Crippen LogP contribution in [-0.2, 0) is 4.79 Å². The number of carbonyl (C=O) groups excluding carboxylic acids is 1. The van der Waals surface area contributed by atoms with Gasteiger partial charge in [0, 0.05) is 13.1 Å². The number of rotatable bonds is 5. The average molecular weight is 170 g/mol. The highest BCUT2D eigenvalue weighted by molar-refractivity contribution is 5.81. The van der Waals surface area contributed by atoms with Crippen LogP contribution in [0.1, 0.15) is 20.3 Å². The van der Waals surface area contributed by atoms with Crippen molar-refractivity contribution in [1.82, 2.24) is 5.32 Å². The molecule has 0 atom stereocenters. The fraction of sp³-hybridized carbons (Fsp3) is 0.667. The lowest BCUT2D eigenvalue weighted by molar-refractivity contribution is -0.128. The maximum absolute atomic E-state index is 11.3. The second kappa shape index (κ2) is 4.93. The first-order chi connectivity index (χ1) is 5.54. The Balaban J connectivity index is 3.79. The first-order valence-electron chi connectivity index (χ1n) is 4.14. The van der Waals surface area contributed by atoms with E-state index in [9.17, 15) is 4.79 Å². The monoisotopic (exact) mass is 170 g/mol. The number of nitrogens with two attached hydrogens (primary N) is 1. The van der Waals surface area contributed by atoms with Gasteiger partial charge >= 0.3 is 0 Å². The van der Waals surface area contributed by atoms with E-state index in [-0.39, 0.29) is 5.91 Å². The topological polar surface area (TPSA) is 55.1 Å². The van der Waals surface area contributed by atoms with Crippen LogP contribution in [0.5, 0.6) is 0 Å². The summed E-state index contributed by atoms with van der Waals surface area (Å²) >= 11 is 0. The SMILES string of the molecule is C=CCCNC(=O)C(C)(C)CN. The van der Waals surface area contributed by atoms with E-state index in [1.165, 1.54) is 0 Å². The average Bonchev–Trinajstić information content (AvgIpc) is 2.05.